The van der Waals surface area contributed by atoms with Gasteiger partial charge in [0.25, 0.3) is 0 Å². The van der Waals surface area contributed by atoms with E-state index in [1.165, 1.54) is 32.1 Å². The van der Waals surface area contributed by atoms with Crippen LogP contribution < -0.4 is 21.7 Å². The first-order valence-corrected chi connectivity index (χ1v) is 10.9. The number of aryl methyl sites for hydroxylation is 1. The highest BCUT2D eigenvalue weighted by Crippen LogP contribution is 2.25. The van der Waals surface area contributed by atoms with Crippen LogP contribution in [0.2, 0.25) is 0 Å². The largest absolute Gasteiger partial charge is 0.405 e. The number of benzene rings is 1. The van der Waals surface area contributed by atoms with Gasteiger partial charge in [0.15, 0.2) is 6.29 Å². The Morgan fingerprint density at radius 3 is 2.26 bits per heavy atom. The van der Waals surface area contributed by atoms with Crippen LogP contribution in [-0.4, -0.2) is 26.4 Å². The van der Waals surface area contributed by atoms with E-state index in [1.54, 1.807) is 0 Å². The third-order valence-electron chi connectivity index (χ3n) is 4.52. The summed E-state index contributed by atoms with van der Waals surface area (Å²) in [6.45, 7) is 15.9. The molecule has 2 rings (SSSR count). The van der Waals surface area contributed by atoms with E-state index in [4.69, 9.17) is 0 Å². The summed E-state index contributed by atoms with van der Waals surface area (Å²) in [5.74, 6) is 0. The molecular weight excluding hydrogens is 384 g/mol. The van der Waals surface area contributed by atoms with E-state index in [-0.39, 0.29) is 0 Å². The summed E-state index contributed by atoms with van der Waals surface area (Å²) >= 11 is 0. The summed E-state index contributed by atoms with van der Waals surface area (Å²) in [6, 6.07) is 6.06. The van der Waals surface area contributed by atoms with Crippen LogP contribution in [0.25, 0.3) is 5.57 Å². The summed E-state index contributed by atoms with van der Waals surface area (Å²) in [7, 11) is 1.87. The molecular formula is C26H42N4O. The monoisotopic (exact) mass is 426 g/mol. The van der Waals surface area contributed by atoms with Gasteiger partial charge in [0, 0.05) is 35.3 Å². The molecule has 1 fully saturated rings. The number of nitrogens with two attached hydrogens (primary N) is 1. The molecule has 0 radical (unpaired) electrons. The zero-order valence-corrected chi connectivity index (χ0v) is 20.3. The number of hydrogen-bond donors (Lipinski definition) is 4. The fraction of sp³-hybridized carbons (Fsp3) is 0.423. The lowest BCUT2D eigenvalue weighted by molar-refractivity contribution is -0.103. The second kappa shape index (κ2) is 16.9. The van der Waals surface area contributed by atoms with Crippen molar-refractivity contribution in [2.45, 2.75) is 53.9 Å². The topological polar surface area (TPSA) is 79.2 Å². The van der Waals surface area contributed by atoms with E-state index < -0.39 is 0 Å². The number of carbonyl (C=O) groups excluding carboxylic acids is 1. The Balaban J connectivity index is 0.000000942. The minimum atomic E-state index is 0.658. The molecule has 0 saturated carbocycles. The van der Waals surface area contributed by atoms with Crippen molar-refractivity contribution in [2.24, 2.45) is 5.73 Å². The van der Waals surface area contributed by atoms with Gasteiger partial charge in [-0.3, -0.25) is 4.79 Å². The molecule has 5 nitrogen and oxygen atoms in total. The van der Waals surface area contributed by atoms with E-state index in [2.05, 4.69) is 41.3 Å². The Bertz CT molecular complexity index is 760. The van der Waals surface area contributed by atoms with Gasteiger partial charge >= 0.3 is 0 Å². The van der Waals surface area contributed by atoms with Crippen molar-refractivity contribution in [1.29, 1.82) is 0 Å². The lowest BCUT2D eigenvalue weighted by Crippen LogP contribution is -2.11. The van der Waals surface area contributed by atoms with Crippen molar-refractivity contribution in [2.75, 3.05) is 25.5 Å². The van der Waals surface area contributed by atoms with E-state index >= 15 is 0 Å². The quantitative estimate of drug-likeness (QED) is 0.271. The average Bonchev–Trinajstić information content (AvgIpc) is 3.32. The van der Waals surface area contributed by atoms with Gasteiger partial charge in [0.2, 0.25) is 0 Å². The normalized spacial score (nSPS) is 13.1. The molecule has 5 N–H and O–H groups in total. The van der Waals surface area contributed by atoms with Crippen molar-refractivity contribution in [1.82, 2.24) is 10.6 Å². The molecule has 31 heavy (non-hydrogen) atoms. The molecule has 1 aromatic carbocycles. The summed E-state index contributed by atoms with van der Waals surface area (Å²) in [4.78, 5) is 11.7. The molecule has 0 unspecified atom stereocenters. The van der Waals surface area contributed by atoms with E-state index in [0.717, 1.165) is 46.5 Å². The highest BCUT2D eigenvalue weighted by atomic mass is 16.1. The maximum absolute atomic E-state index is 11.7. The molecule has 0 atom stereocenters. The molecule has 1 aromatic rings. The maximum atomic E-state index is 11.7. The smallest absolute Gasteiger partial charge is 0.150 e. The number of hydrogen-bond acceptors (Lipinski definition) is 5. The number of carbonyl (C=O) groups is 1. The molecule has 1 aliphatic rings. The Kier molecular flexibility index (Phi) is 15.4. The van der Waals surface area contributed by atoms with Gasteiger partial charge in [-0.2, -0.15) is 0 Å². The lowest BCUT2D eigenvalue weighted by atomic mass is 10.0. The summed E-state index contributed by atoms with van der Waals surface area (Å²) < 4.78 is 0. The molecule has 0 bridgehead atoms. The number of anilines is 1. The summed E-state index contributed by atoms with van der Waals surface area (Å²) in [5, 5.41) is 9.76. The highest BCUT2D eigenvalue weighted by molar-refractivity contribution is 6.10. The Labute approximate surface area is 189 Å². The van der Waals surface area contributed by atoms with Gasteiger partial charge in [-0.15, -0.1) is 0 Å². The van der Waals surface area contributed by atoms with Crippen LogP contribution in [0.4, 0.5) is 5.69 Å². The van der Waals surface area contributed by atoms with Crippen LogP contribution in [0.15, 0.2) is 60.1 Å². The first kappa shape index (κ1) is 28.2. The molecule has 0 amide bonds. The Morgan fingerprint density at radius 2 is 1.84 bits per heavy atom. The molecule has 1 saturated heterocycles. The predicted molar refractivity (Wildman–Crippen MR) is 137 cm³/mol. The minimum Gasteiger partial charge on any atom is -0.405 e. The van der Waals surface area contributed by atoms with Crippen LogP contribution >= 0.6 is 0 Å². The molecule has 0 aromatic heterocycles. The molecule has 0 aliphatic carbocycles. The van der Waals surface area contributed by atoms with Crippen LogP contribution in [0, 0.1) is 6.92 Å². The summed E-state index contributed by atoms with van der Waals surface area (Å²) in [6.07, 6.45) is 9.97. The van der Waals surface area contributed by atoms with Crippen molar-refractivity contribution < 1.29 is 4.79 Å². The Morgan fingerprint density at radius 1 is 1.23 bits per heavy atom. The van der Waals surface area contributed by atoms with Gasteiger partial charge in [-0.1, -0.05) is 36.8 Å². The SMILES string of the molecule is C1CCNC1.C=CN.CC/C=C(\C)NC(/C=C(\C=O)c1cc(C)ccc1NC)=C(C)C. The van der Waals surface area contributed by atoms with E-state index in [9.17, 15) is 4.79 Å². The van der Waals surface area contributed by atoms with E-state index in [1.807, 2.05) is 59.0 Å². The first-order chi connectivity index (χ1) is 14.8. The third-order valence-corrected chi connectivity index (χ3v) is 4.52. The zero-order valence-electron chi connectivity index (χ0n) is 20.3. The van der Waals surface area contributed by atoms with Gasteiger partial charge < -0.3 is 21.7 Å². The number of allylic oxidation sites excluding steroid dienone is 5. The van der Waals surface area contributed by atoms with Crippen LogP contribution in [0.5, 0.6) is 0 Å². The van der Waals surface area contributed by atoms with Gasteiger partial charge in [-0.05, 0) is 84.5 Å². The molecule has 5 heteroatoms. The van der Waals surface area contributed by atoms with Gasteiger partial charge in [-0.25, -0.2) is 0 Å². The van der Waals surface area contributed by atoms with Crippen molar-refractivity contribution in [3.63, 3.8) is 0 Å². The molecule has 0 spiro atoms. The van der Waals surface area contributed by atoms with Gasteiger partial charge in [0.05, 0.1) is 0 Å². The number of nitrogens with one attached hydrogen (secondary N) is 3. The standard InChI is InChI=1S/C20H28N2O.C4H9N.C2H5N/c1-7-8-16(5)22-20(14(2)3)12-17(13-23)18-11-15(4)9-10-19(18)21-6;1-2-4-5-3-1;1-2-3/h8-13,21-22H,7H2,1-6H3;5H,1-4H2;2H,1,3H2/b16-8+,17-12+;;. The predicted octanol–water partition coefficient (Wildman–Crippen LogP) is 5.27. The summed E-state index contributed by atoms with van der Waals surface area (Å²) in [5.41, 5.74) is 11.4. The second-order valence-corrected chi connectivity index (χ2v) is 7.54. The number of aldehydes is 1. The fourth-order valence-corrected chi connectivity index (χ4v) is 2.95. The molecule has 172 valence electrons. The fourth-order valence-electron chi connectivity index (χ4n) is 2.95. The van der Waals surface area contributed by atoms with Crippen LogP contribution in [0.3, 0.4) is 0 Å². The molecule has 1 heterocycles. The van der Waals surface area contributed by atoms with E-state index in [0.29, 0.717) is 5.57 Å². The van der Waals surface area contributed by atoms with Gasteiger partial charge in [0.1, 0.15) is 0 Å². The molecule has 1 aliphatic heterocycles. The van der Waals surface area contributed by atoms with Crippen molar-refractivity contribution in [3.8, 4) is 0 Å². The highest BCUT2D eigenvalue weighted by Gasteiger charge is 2.09. The van der Waals surface area contributed by atoms with Crippen LogP contribution in [-0.2, 0) is 4.79 Å². The zero-order chi connectivity index (χ0) is 23.6. The number of rotatable bonds is 7. The maximum Gasteiger partial charge on any atom is 0.150 e. The second-order valence-electron chi connectivity index (χ2n) is 7.54. The third kappa shape index (κ3) is 11.8. The Hall–Kier alpha value is -2.79. The average molecular weight is 427 g/mol. The first-order valence-electron chi connectivity index (χ1n) is 10.9. The minimum absolute atomic E-state index is 0.658. The van der Waals surface area contributed by atoms with Crippen LogP contribution in [0.1, 0.15) is 58.1 Å². The van der Waals surface area contributed by atoms with Crippen molar-refractivity contribution >= 4 is 17.5 Å². The lowest BCUT2D eigenvalue weighted by Gasteiger charge is -2.14. The van der Waals surface area contributed by atoms with Crippen molar-refractivity contribution in [3.05, 3.63) is 71.2 Å².